The lowest BCUT2D eigenvalue weighted by Crippen LogP contribution is -2.41. The van der Waals surface area contributed by atoms with Crippen LogP contribution in [0.25, 0.3) is 0 Å². The number of nitrogens with zero attached hydrogens (tertiary/aromatic N) is 2. The number of benzene rings is 1. The Hall–Kier alpha value is -2.07. The highest BCUT2D eigenvalue weighted by Crippen LogP contribution is 2.44. The largest absolute Gasteiger partial charge is 0.493 e. The average Bonchev–Trinajstić information content (AvgIpc) is 2.66. The third-order valence-electron chi connectivity index (χ3n) is 5.71. The summed E-state index contributed by atoms with van der Waals surface area (Å²) in [5.74, 6) is 2.22. The monoisotopic (exact) mass is 338 g/mol. The zero-order chi connectivity index (χ0) is 17.4. The summed E-state index contributed by atoms with van der Waals surface area (Å²) in [4.78, 5) is 7.26. The Morgan fingerprint density at radius 1 is 1.08 bits per heavy atom. The van der Waals surface area contributed by atoms with Crippen molar-refractivity contribution in [3.8, 4) is 11.5 Å². The Labute approximate surface area is 149 Å². The predicted octanol–water partition coefficient (Wildman–Crippen LogP) is 3.88. The van der Waals surface area contributed by atoms with Gasteiger partial charge in [-0.2, -0.15) is 0 Å². The van der Waals surface area contributed by atoms with Crippen molar-refractivity contribution in [2.24, 2.45) is 0 Å². The van der Waals surface area contributed by atoms with Crippen molar-refractivity contribution in [1.29, 1.82) is 0 Å². The quantitative estimate of drug-likeness (QED) is 0.850. The molecule has 1 aromatic heterocycles. The predicted molar refractivity (Wildman–Crippen MR) is 98.5 cm³/mol. The Morgan fingerprint density at radius 2 is 1.88 bits per heavy atom. The molecule has 0 spiro atoms. The summed E-state index contributed by atoms with van der Waals surface area (Å²) >= 11 is 0. The molecule has 1 saturated heterocycles. The fourth-order valence-electron chi connectivity index (χ4n) is 4.39. The Balaban J connectivity index is 1.60. The second kappa shape index (κ2) is 6.68. The second-order valence-electron chi connectivity index (χ2n) is 7.20. The molecule has 0 radical (unpaired) electrons. The van der Waals surface area contributed by atoms with Gasteiger partial charge in [-0.3, -0.25) is 9.88 Å². The first-order valence-electron chi connectivity index (χ1n) is 9.11. The van der Waals surface area contributed by atoms with E-state index in [2.05, 4.69) is 41.1 Å². The van der Waals surface area contributed by atoms with Gasteiger partial charge in [0.25, 0.3) is 0 Å². The number of hydrogen-bond donors (Lipinski definition) is 0. The Morgan fingerprint density at radius 3 is 2.64 bits per heavy atom. The maximum absolute atomic E-state index is 5.53. The van der Waals surface area contributed by atoms with E-state index in [-0.39, 0.29) is 0 Å². The zero-order valence-corrected chi connectivity index (χ0v) is 15.3. The van der Waals surface area contributed by atoms with Crippen LogP contribution in [0.3, 0.4) is 0 Å². The summed E-state index contributed by atoms with van der Waals surface area (Å²) in [5, 5.41) is 0. The van der Waals surface area contributed by atoms with Crippen LogP contribution in [0.5, 0.6) is 11.5 Å². The number of aromatic nitrogens is 1. The molecule has 2 unspecified atom stereocenters. The smallest absolute Gasteiger partial charge is 0.161 e. The van der Waals surface area contributed by atoms with Gasteiger partial charge in [-0.05, 0) is 67.1 Å². The molecule has 2 aliphatic heterocycles. The molecule has 4 rings (SSSR count). The lowest BCUT2D eigenvalue weighted by Gasteiger charge is -2.43. The molecule has 3 heterocycles. The summed E-state index contributed by atoms with van der Waals surface area (Å²) < 4.78 is 11.0. The number of aryl methyl sites for hydroxylation is 1. The van der Waals surface area contributed by atoms with Crippen LogP contribution in [0.1, 0.15) is 47.2 Å². The third-order valence-corrected chi connectivity index (χ3v) is 5.71. The van der Waals surface area contributed by atoms with E-state index in [0.29, 0.717) is 12.0 Å². The summed E-state index contributed by atoms with van der Waals surface area (Å²) in [7, 11) is 3.42. The van der Waals surface area contributed by atoms with Gasteiger partial charge in [0.15, 0.2) is 11.5 Å². The maximum atomic E-state index is 5.53. The number of pyridine rings is 1. The number of piperidine rings is 1. The summed E-state index contributed by atoms with van der Waals surface area (Å²) in [6.07, 6.45) is 5.37. The van der Waals surface area contributed by atoms with Crippen LogP contribution >= 0.6 is 0 Å². The molecular weight excluding hydrogens is 312 g/mol. The van der Waals surface area contributed by atoms with Crippen LogP contribution in [0, 0.1) is 6.92 Å². The number of rotatable bonds is 3. The topological polar surface area (TPSA) is 34.6 Å². The second-order valence-corrected chi connectivity index (χ2v) is 7.20. The molecule has 2 aromatic rings. The lowest BCUT2D eigenvalue weighted by molar-refractivity contribution is 0.121. The standard InChI is InChI=1S/C21H26N2O2/c1-14-6-8-22-18(10-14)16-4-5-19-17-12-21(25-3)20(24-2)11-15(17)7-9-23(19)13-16/h6,8,10-12,16,19H,4-5,7,9,13H2,1-3H3. The highest BCUT2D eigenvalue weighted by Gasteiger charge is 2.35. The lowest BCUT2D eigenvalue weighted by atomic mass is 9.82. The van der Waals surface area contributed by atoms with Crippen molar-refractivity contribution in [1.82, 2.24) is 9.88 Å². The van der Waals surface area contributed by atoms with Crippen molar-refractivity contribution in [2.45, 2.75) is 38.1 Å². The molecule has 2 aliphatic rings. The van der Waals surface area contributed by atoms with E-state index in [1.165, 1.54) is 35.2 Å². The molecule has 4 nitrogen and oxygen atoms in total. The molecule has 25 heavy (non-hydrogen) atoms. The first-order valence-corrected chi connectivity index (χ1v) is 9.11. The number of hydrogen-bond acceptors (Lipinski definition) is 4. The van der Waals surface area contributed by atoms with Gasteiger partial charge < -0.3 is 9.47 Å². The van der Waals surface area contributed by atoms with Crippen LogP contribution in [0.2, 0.25) is 0 Å². The molecule has 1 aromatic carbocycles. The van der Waals surface area contributed by atoms with Crippen molar-refractivity contribution >= 4 is 0 Å². The summed E-state index contributed by atoms with van der Waals surface area (Å²) in [6.45, 7) is 4.35. The Bertz CT molecular complexity index is 774. The summed E-state index contributed by atoms with van der Waals surface area (Å²) in [5.41, 5.74) is 5.37. The molecule has 0 saturated carbocycles. The molecule has 4 heteroatoms. The molecule has 2 atom stereocenters. The average molecular weight is 338 g/mol. The van der Waals surface area contributed by atoms with Gasteiger partial charge in [0.2, 0.25) is 0 Å². The normalized spacial score (nSPS) is 22.8. The maximum Gasteiger partial charge on any atom is 0.161 e. The van der Waals surface area contributed by atoms with Crippen LogP contribution in [0.4, 0.5) is 0 Å². The minimum atomic E-state index is 0.490. The van der Waals surface area contributed by atoms with E-state index < -0.39 is 0 Å². The molecular formula is C21H26N2O2. The van der Waals surface area contributed by atoms with Crippen LogP contribution in [-0.4, -0.2) is 37.2 Å². The molecule has 132 valence electrons. The molecule has 0 amide bonds. The molecule has 0 N–H and O–H groups in total. The van der Waals surface area contributed by atoms with Crippen molar-refractivity contribution in [3.05, 3.63) is 52.8 Å². The van der Waals surface area contributed by atoms with Gasteiger partial charge >= 0.3 is 0 Å². The van der Waals surface area contributed by atoms with Crippen LogP contribution in [-0.2, 0) is 6.42 Å². The van der Waals surface area contributed by atoms with E-state index >= 15 is 0 Å². The minimum absolute atomic E-state index is 0.490. The molecule has 0 bridgehead atoms. The number of fused-ring (bicyclic) bond motifs is 3. The zero-order valence-electron chi connectivity index (χ0n) is 15.3. The van der Waals surface area contributed by atoms with E-state index in [1.807, 2.05) is 6.20 Å². The van der Waals surface area contributed by atoms with E-state index in [9.17, 15) is 0 Å². The molecule has 0 aliphatic carbocycles. The van der Waals surface area contributed by atoms with Gasteiger partial charge in [0.1, 0.15) is 0 Å². The minimum Gasteiger partial charge on any atom is -0.493 e. The molecule has 1 fully saturated rings. The highest BCUT2D eigenvalue weighted by molar-refractivity contribution is 5.49. The van der Waals surface area contributed by atoms with E-state index in [0.717, 1.165) is 31.0 Å². The van der Waals surface area contributed by atoms with E-state index in [4.69, 9.17) is 9.47 Å². The SMILES string of the molecule is COc1cc2c(cc1OC)C1CCC(c3cc(C)ccn3)CN1CC2. The third kappa shape index (κ3) is 2.99. The van der Waals surface area contributed by atoms with Gasteiger partial charge in [-0.25, -0.2) is 0 Å². The number of methoxy groups -OCH3 is 2. The van der Waals surface area contributed by atoms with E-state index in [1.54, 1.807) is 14.2 Å². The first-order chi connectivity index (χ1) is 12.2. The van der Waals surface area contributed by atoms with Crippen LogP contribution in [0.15, 0.2) is 30.5 Å². The fourth-order valence-corrected chi connectivity index (χ4v) is 4.39. The van der Waals surface area contributed by atoms with Crippen molar-refractivity contribution < 1.29 is 9.47 Å². The van der Waals surface area contributed by atoms with Gasteiger partial charge in [-0.15, -0.1) is 0 Å². The number of ether oxygens (including phenoxy) is 2. The first kappa shape index (κ1) is 16.4. The summed E-state index contributed by atoms with van der Waals surface area (Å²) in [6, 6.07) is 9.17. The Kier molecular flexibility index (Phi) is 4.38. The van der Waals surface area contributed by atoms with Crippen molar-refractivity contribution in [3.63, 3.8) is 0 Å². The van der Waals surface area contributed by atoms with Gasteiger partial charge in [-0.1, -0.05) is 0 Å². The van der Waals surface area contributed by atoms with Gasteiger partial charge in [0, 0.05) is 36.9 Å². The van der Waals surface area contributed by atoms with Crippen LogP contribution < -0.4 is 9.47 Å². The van der Waals surface area contributed by atoms with Gasteiger partial charge in [0.05, 0.1) is 14.2 Å². The van der Waals surface area contributed by atoms with Crippen molar-refractivity contribution in [2.75, 3.05) is 27.3 Å². The highest BCUT2D eigenvalue weighted by atomic mass is 16.5. The fraction of sp³-hybridized carbons (Fsp3) is 0.476.